The average molecular weight is 186 g/mol. The fourth-order valence-electron chi connectivity index (χ4n) is 1.27. The maximum atomic E-state index is 11.2. The molecule has 4 heteroatoms. The van der Waals surface area contributed by atoms with Crippen molar-refractivity contribution in [3.8, 4) is 0 Å². The standard InChI is InChI=1S/C9H18N2O2/c1-7(5-6-12)10-9(13)11-8-3-2-4-8/h7-8,12H,2-6H2,1H3,(H2,10,11,13). The molecule has 0 aromatic heterocycles. The van der Waals surface area contributed by atoms with E-state index in [-0.39, 0.29) is 18.7 Å². The number of hydrogen-bond donors (Lipinski definition) is 3. The lowest BCUT2D eigenvalue weighted by Crippen LogP contribution is -2.47. The molecule has 0 saturated heterocycles. The Morgan fingerprint density at radius 1 is 1.62 bits per heavy atom. The quantitative estimate of drug-likeness (QED) is 0.602. The number of carbonyl (C=O) groups is 1. The van der Waals surface area contributed by atoms with E-state index in [4.69, 9.17) is 5.11 Å². The smallest absolute Gasteiger partial charge is 0.315 e. The van der Waals surface area contributed by atoms with Crippen molar-refractivity contribution in [2.75, 3.05) is 6.61 Å². The lowest BCUT2D eigenvalue weighted by atomic mass is 9.93. The van der Waals surface area contributed by atoms with Gasteiger partial charge < -0.3 is 15.7 Å². The van der Waals surface area contributed by atoms with Crippen molar-refractivity contribution in [1.29, 1.82) is 0 Å². The Morgan fingerprint density at radius 2 is 2.31 bits per heavy atom. The van der Waals surface area contributed by atoms with E-state index in [2.05, 4.69) is 10.6 Å². The molecule has 0 bridgehead atoms. The molecule has 2 amide bonds. The van der Waals surface area contributed by atoms with Gasteiger partial charge in [-0.15, -0.1) is 0 Å². The molecule has 1 aliphatic rings. The Bertz CT molecular complexity index is 169. The Morgan fingerprint density at radius 3 is 2.77 bits per heavy atom. The summed E-state index contributed by atoms with van der Waals surface area (Å²) >= 11 is 0. The first-order valence-electron chi connectivity index (χ1n) is 4.90. The molecule has 1 fully saturated rings. The minimum atomic E-state index is -0.106. The number of rotatable bonds is 4. The molecule has 1 aliphatic carbocycles. The SMILES string of the molecule is CC(CCO)NC(=O)NC1CCC1. The van der Waals surface area contributed by atoms with Gasteiger partial charge in [-0.05, 0) is 32.6 Å². The third kappa shape index (κ3) is 3.63. The van der Waals surface area contributed by atoms with Gasteiger partial charge in [-0.25, -0.2) is 4.79 Å². The molecule has 0 aliphatic heterocycles. The Kier molecular flexibility index (Phi) is 4.02. The second kappa shape index (κ2) is 5.07. The van der Waals surface area contributed by atoms with Crippen molar-refractivity contribution in [3.05, 3.63) is 0 Å². The zero-order valence-corrected chi connectivity index (χ0v) is 8.05. The topological polar surface area (TPSA) is 61.4 Å². The average Bonchev–Trinajstić information content (AvgIpc) is 1.97. The van der Waals surface area contributed by atoms with Gasteiger partial charge in [-0.2, -0.15) is 0 Å². The molecule has 0 aromatic rings. The molecule has 1 rings (SSSR count). The van der Waals surface area contributed by atoms with Crippen LogP contribution >= 0.6 is 0 Å². The Hall–Kier alpha value is -0.770. The van der Waals surface area contributed by atoms with E-state index >= 15 is 0 Å². The van der Waals surface area contributed by atoms with Crippen LogP contribution in [-0.4, -0.2) is 29.8 Å². The fraction of sp³-hybridized carbons (Fsp3) is 0.889. The number of aliphatic hydroxyl groups excluding tert-OH is 1. The van der Waals surface area contributed by atoms with Crippen molar-refractivity contribution in [3.63, 3.8) is 0 Å². The van der Waals surface area contributed by atoms with Gasteiger partial charge in [0.25, 0.3) is 0 Å². The first-order chi connectivity index (χ1) is 6.22. The lowest BCUT2D eigenvalue weighted by molar-refractivity contribution is 0.220. The number of aliphatic hydroxyl groups is 1. The van der Waals surface area contributed by atoms with Crippen LogP contribution in [0, 0.1) is 0 Å². The van der Waals surface area contributed by atoms with E-state index in [9.17, 15) is 4.79 Å². The molecule has 3 N–H and O–H groups in total. The summed E-state index contributed by atoms with van der Waals surface area (Å²) in [5, 5.41) is 14.3. The van der Waals surface area contributed by atoms with Crippen LogP contribution in [0.25, 0.3) is 0 Å². The third-order valence-electron chi connectivity index (χ3n) is 2.38. The van der Waals surface area contributed by atoms with Gasteiger partial charge in [0.1, 0.15) is 0 Å². The number of amides is 2. The highest BCUT2D eigenvalue weighted by Gasteiger charge is 2.19. The second-order valence-corrected chi connectivity index (χ2v) is 3.66. The van der Waals surface area contributed by atoms with Crippen LogP contribution in [0.1, 0.15) is 32.6 Å². The molecular formula is C9H18N2O2. The first-order valence-corrected chi connectivity index (χ1v) is 4.90. The van der Waals surface area contributed by atoms with Gasteiger partial charge in [0.15, 0.2) is 0 Å². The summed E-state index contributed by atoms with van der Waals surface area (Å²) in [6, 6.07) is 0.317. The highest BCUT2D eigenvalue weighted by molar-refractivity contribution is 5.74. The minimum absolute atomic E-state index is 0.0464. The summed E-state index contributed by atoms with van der Waals surface area (Å²) in [7, 11) is 0. The summed E-state index contributed by atoms with van der Waals surface area (Å²) in [5.41, 5.74) is 0. The number of carbonyl (C=O) groups excluding carboxylic acids is 1. The van der Waals surface area contributed by atoms with E-state index in [1.807, 2.05) is 6.92 Å². The van der Waals surface area contributed by atoms with E-state index in [1.54, 1.807) is 0 Å². The summed E-state index contributed by atoms with van der Waals surface area (Å²) in [4.78, 5) is 11.2. The van der Waals surface area contributed by atoms with Crippen LogP contribution < -0.4 is 10.6 Å². The number of urea groups is 1. The fourth-order valence-corrected chi connectivity index (χ4v) is 1.27. The Labute approximate surface area is 78.7 Å². The summed E-state index contributed by atoms with van der Waals surface area (Å²) < 4.78 is 0. The Balaban J connectivity index is 2.08. The molecule has 4 nitrogen and oxygen atoms in total. The van der Waals surface area contributed by atoms with Gasteiger partial charge in [0.05, 0.1) is 0 Å². The molecule has 0 heterocycles. The molecule has 0 spiro atoms. The summed E-state index contributed by atoms with van der Waals surface area (Å²) in [6.07, 6.45) is 4.03. The summed E-state index contributed by atoms with van der Waals surface area (Å²) in [5.74, 6) is 0. The molecule has 1 saturated carbocycles. The van der Waals surface area contributed by atoms with Crippen molar-refractivity contribution in [1.82, 2.24) is 10.6 Å². The molecule has 1 unspecified atom stereocenters. The predicted octanol–water partition coefficient (Wildman–Crippen LogP) is 0.609. The van der Waals surface area contributed by atoms with Crippen molar-refractivity contribution >= 4 is 6.03 Å². The third-order valence-corrected chi connectivity index (χ3v) is 2.38. The van der Waals surface area contributed by atoms with Crippen LogP contribution in [0.2, 0.25) is 0 Å². The zero-order valence-electron chi connectivity index (χ0n) is 8.05. The molecule has 0 radical (unpaired) electrons. The molecule has 76 valence electrons. The van der Waals surface area contributed by atoms with Crippen molar-refractivity contribution in [2.24, 2.45) is 0 Å². The van der Waals surface area contributed by atoms with Crippen LogP contribution in [0.15, 0.2) is 0 Å². The van der Waals surface area contributed by atoms with Crippen LogP contribution in [-0.2, 0) is 0 Å². The van der Waals surface area contributed by atoms with Crippen LogP contribution in [0.5, 0.6) is 0 Å². The number of hydrogen-bond acceptors (Lipinski definition) is 2. The van der Waals surface area contributed by atoms with E-state index in [1.165, 1.54) is 6.42 Å². The van der Waals surface area contributed by atoms with Gasteiger partial charge in [-0.1, -0.05) is 0 Å². The molecule has 13 heavy (non-hydrogen) atoms. The van der Waals surface area contributed by atoms with Gasteiger partial charge in [0, 0.05) is 18.7 Å². The minimum Gasteiger partial charge on any atom is -0.396 e. The maximum Gasteiger partial charge on any atom is 0.315 e. The normalized spacial score (nSPS) is 18.9. The predicted molar refractivity (Wildman–Crippen MR) is 50.5 cm³/mol. The monoisotopic (exact) mass is 186 g/mol. The van der Waals surface area contributed by atoms with Crippen LogP contribution in [0.3, 0.4) is 0 Å². The van der Waals surface area contributed by atoms with Crippen molar-refractivity contribution in [2.45, 2.75) is 44.7 Å². The van der Waals surface area contributed by atoms with Crippen LogP contribution in [0.4, 0.5) is 4.79 Å². The largest absolute Gasteiger partial charge is 0.396 e. The lowest BCUT2D eigenvalue weighted by Gasteiger charge is -2.27. The first kappa shape index (κ1) is 10.3. The van der Waals surface area contributed by atoms with Gasteiger partial charge in [0.2, 0.25) is 0 Å². The molecule has 1 atom stereocenters. The van der Waals surface area contributed by atoms with Crippen molar-refractivity contribution < 1.29 is 9.90 Å². The molecular weight excluding hydrogens is 168 g/mol. The zero-order chi connectivity index (χ0) is 9.68. The van der Waals surface area contributed by atoms with Gasteiger partial charge in [-0.3, -0.25) is 0 Å². The van der Waals surface area contributed by atoms with Gasteiger partial charge >= 0.3 is 6.03 Å². The maximum absolute atomic E-state index is 11.2. The second-order valence-electron chi connectivity index (χ2n) is 3.66. The van der Waals surface area contributed by atoms with E-state index in [0.717, 1.165) is 12.8 Å². The number of nitrogens with one attached hydrogen (secondary N) is 2. The highest BCUT2D eigenvalue weighted by atomic mass is 16.3. The highest BCUT2D eigenvalue weighted by Crippen LogP contribution is 2.17. The van der Waals surface area contributed by atoms with E-state index < -0.39 is 0 Å². The summed E-state index contributed by atoms with van der Waals surface area (Å²) in [6.45, 7) is 2.00. The van der Waals surface area contributed by atoms with E-state index in [0.29, 0.717) is 12.5 Å². The molecule has 0 aromatic carbocycles.